The van der Waals surface area contributed by atoms with Crippen LogP contribution >= 0.6 is 11.3 Å². The van der Waals surface area contributed by atoms with Gasteiger partial charge in [-0.05, 0) is 28.5 Å². The van der Waals surface area contributed by atoms with Crippen molar-refractivity contribution in [2.24, 2.45) is 0 Å². The highest BCUT2D eigenvalue weighted by Gasteiger charge is 2.32. The van der Waals surface area contributed by atoms with Crippen molar-refractivity contribution in [1.29, 1.82) is 0 Å². The molecule has 0 saturated carbocycles. The Bertz CT molecular complexity index is 523. The molecule has 2 aromatic heterocycles. The van der Waals surface area contributed by atoms with E-state index in [4.69, 9.17) is 5.73 Å². The van der Waals surface area contributed by atoms with E-state index in [1.165, 1.54) is 11.3 Å². The molecule has 18 heavy (non-hydrogen) atoms. The quantitative estimate of drug-likeness (QED) is 0.901. The summed E-state index contributed by atoms with van der Waals surface area (Å²) in [5.74, 6) is 0. The van der Waals surface area contributed by atoms with Crippen LogP contribution in [0.4, 0.5) is 24.5 Å². The summed E-state index contributed by atoms with van der Waals surface area (Å²) in [6.07, 6.45) is -3.45. The average Bonchev–Trinajstić information content (AvgIpc) is 2.79. The molecule has 7 heteroatoms. The van der Waals surface area contributed by atoms with E-state index in [1.807, 2.05) is 16.8 Å². The average molecular weight is 273 g/mol. The van der Waals surface area contributed by atoms with Gasteiger partial charge in [0.25, 0.3) is 0 Å². The van der Waals surface area contributed by atoms with E-state index in [2.05, 4.69) is 10.3 Å². The first-order valence-corrected chi connectivity index (χ1v) is 5.99. The Morgan fingerprint density at radius 1 is 1.39 bits per heavy atom. The van der Waals surface area contributed by atoms with Crippen LogP contribution in [-0.2, 0) is 12.7 Å². The summed E-state index contributed by atoms with van der Waals surface area (Å²) >= 11 is 1.52. The fraction of sp³-hybridized carbons (Fsp3) is 0.182. The van der Waals surface area contributed by atoms with Gasteiger partial charge in [-0.15, -0.1) is 0 Å². The molecule has 0 saturated heterocycles. The third kappa shape index (κ3) is 2.92. The summed E-state index contributed by atoms with van der Waals surface area (Å²) in [7, 11) is 0. The van der Waals surface area contributed by atoms with Gasteiger partial charge in [0.15, 0.2) is 0 Å². The van der Waals surface area contributed by atoms with Gasteiger partial charge >= 0.3 is 6.18 Å². The molecule has 2 heterocycles. The first-order chi connectivity index (χ1) is 8.47. The van der Waals surface area contributed by atoms with E-state index in [9.17, 15) is 13.2 Å². The molecular weight excluding hydrogens is 263 g/mol. The number of rotatable bonds is 3. The summed E-state index contributed by atoms with van der Waals surface area (Å²) in [5, 5.41) is 6.68. The number of aromatic nitrogens is 1. The number of nitrogens with one attached hydrogen (secondary N) is 1. The van der Waals surface area contributed by atoms with Gasteiger partial charge in [0.2, 0.25) is 0 Å². The fourth-order valence-corrected chi connectivity index (χ4v) is 2.03. The lowest BCUT2D eigenvalue weighted by atomic mass is 10.2. The van der Waals surface area contributed by atoms with Gasteiger partial charge in [0, 0.05) is 6.54 Å². The van der Waals surface area contributed by atoms with E-state index < -0.39 is 11.9 Å². The second kappa shape index (κ2) is 4.85. The Morgan fingerprint density at radius 3 is 2.78 bits per heavy atom. The summed E-state index contributed by atoms with van der Waals surface area (Å²) in [6.45, 7) is 0.426. The zero-order valence-corrected chi connectivity index (χ0v) is 9.98. The van der Waals surface area contributed by atoms with Crippen LogP contribution < -0.4 is 11.1 Å². The molecule has 96 valence electrons. The molecule has 2 rings (SSSR count). The number of thiophene rings is 1. The number of pyridine rings is 1. The Balaban J connectivity index is 2.16. The predicted octanol–water partition coefficient (Wildman–Crippen LogP) is 3.36. The van der Waals surface area contributed by atoms with Crippen LogP contribution in [0.25, 0.3) is 0 Å². The SMILES string of the molecule is Nc1cnc(C(F)(F)F)cc1NCc1ccsc1. The van der Waals surface area contributed by atoms with Crippen LogP contribution in [0.1, 0.15) is 11.3 Å². The number of nitrogen functional groups attached to an aromatic ring is 1. The number of alkyl halides is 3. The molecule has 0 bridgehead atoms. The van der Waals surface area contributed by atoms with Crippen molar-refractivity contribution in [2.75, 3.05) is 11.1 Å². The minimum absolute atomic E-state index is 0.193. The maximum Gasteiger partial charge on any atom is 0.433 e. The maximum atomic E-state index is 12.5. The molecule has 3 N–H and O–H groups in total. The Kier molecular flexibility index (Phi) is 3.42. The lowest BCUT2D eigenvalue weighted by Crippen LogP contribution is -2.10. The smallest absolute Gasteiger partial charge is 0.396 e. The van der Waals surface area contributed by atoms with Crippen molar-refractivity contribution < 1.29 is 13.2 Å². The van der Waals surface area contributed by atoms with Crippen molar-refractivity contribution in [3.63, 3.8) is 0 Å². The van der Waals surface area contributed by atoms with Crippen LogP contribution in [0.15, 0.2) is 29.1 Å². The highest BCUT2D eigenvalue weighted by Crippen LogP contribution is 2.31. The van der Waals surface area contributed by atoms with Gasteiger partial charge in [-0.3, -0.25) is 0 Å². The highest BCUT2D eigenvalue weighted by atomic mass is 32.1. The molecule has 0 spiro atoms. The summed E-state index contributed by atoms with van der Waals surface area (Å²) < 4.78 is 37.5. The number of nitrogens with two attached hydrogens (primary N) is 1. The van der Waals surface area contributed by atoms with Crippen molar-refractivity contribution in [2.45, 2.75) is 12.7 Å². The number of hydrogen-bond acceptors (Lipinski definition) is 4. The summed E-state index contributed by atoms with van der Waals surface area (Å²) in [4.78, 5) is 3.27. The van der Waals surface area contributed by atoms with Crippen LogP contribution in [0.5, 0.6) is 0 Å². The van der Waals surface area contributed by atoms with Crippen molar-refractivity contribution in [1.82, 2.24) is 4.98 Å². The standard InChI is InChI=1S/C11H10F3N3S/c12-11(13,14)10-3-9(8(15)5-17-10)16-4-7-1-2-18-6-7/h1-3,5-6H,4,15H2,(H,16,17). The van der Waals surface area contributed by atoms with Crippen LogP contribution in [0, 0.1) is 0 Å². The molecule has 2 aromatic rings. The van der Waals surface area contributed by atoms with Gasteiger partial charge in [0.1, 0.15) is 5.69 Å². The summed E-state index contributed by atoms with van der Waals surface area (Å²) in [6, 6.07) is 2.81. The van der Waals surface area contributed by atoms with E-state index in [-0.39, 0.29) is 11.4 Å². The molecule has 0 aliphatic carbocycles. The van der Waals surface area contributed by atoms with Crippen LogP contribution in [-0.4, -0.2) is 4.98 Å². The number of hydrogen-bond donors (Lipinski definition) is 2. The molecule has 3 nitrogen and oxygen atoms in total. The lowest BCUT2D eigenvalue weighted by Gasteiger charge is -2.11. The molecule has 0 aliphatic heterocycles. The monoisotopic (exact) mass is 273 g/mol. The van der Waals surface area contributed by atoms with Crippen molar-refractivity contribution >= 4 is 22.7 Å². The number of halogens is 3. The van der Waals surface area contributed by atoms with Crippen LogP contribution in [0.2, 0.25) is 0 Å². The predicted molar refractivity (Wildman–Crippen MR) is 65.3 cm³/mol. The van der Waals surface area contributed by atoms with Crippen molar-refractivity contribution in [3.8, 4) is 0 Å². The fourth-order valence-electron chi connectivity index (χ4n) is 1.36. The Morgan fingerprint density at radius 2 is 2.17 bits per heavy atom. The molecule has 0 radical (unpaired) electrons. The van der Waals surface area contributed by atoms with Gasteiger partial charge in [0.05, 0.1) is 17.6 Å². The molecule has 0 aromatic carbocycles. The topological polar surface area (TPSA) is 50.9 Å². The maximum absolute atomic E-state index is 12.5. The largest absolute Gasteiger partial charge is 0.433 e. The third-order valence-corrected chi connectivity index (χ3v) is 3.02. The van der Waals surface area contributed by atoms with E-state index >= 15 is 0 Å². The zero-order valence-electron chi connectivity index (χ0n) is 9.16. The summed E-state index contributed by atoms with van der Waals surface area (Å²) in [5.41, 5.74) is 6.05. The highest BCUT2D eigenvalue weighted by molar-refractivity contribution is 7.07. The van der Waals surface area contributed by atoms with Crippen LogP contribution in [0.3, 0.4) is 0 Å². The molecular formula is C11H10F3N3S. The van der Waals surface area contributed by atoms with Gasteiger partial charge in [-0.1, -0.05) is 0 Å². The minimum atomic E-state index is -4.47. The van der Waals surface area contributed by atoms with E-state index in [0.717, 1.165) is 17.8 Å². The van der Waals surface area contributed by atoms with E-state index in [1.54, 1.807) is 0 Å². The molecule has 0 amide bonds. The molecule has 0 unspecified atom stereocenters. The van der Waals surface area contributed by atoms with Gasteiger partial charge in [-0.25, -0.2) is 4.98 Å². The van der Waals surface area contributed by atoms with E-state index in [0.29, 0.717) is 6.54 Å². The molecule has 0 aliphatic rings. The lowest BCUT2D eigenvalue weighted by molar-refractivity contribution is -0.141. The second-order valence-corrected chi connectivity index (χ2v) is 4.42. The zero-order chi connectivity index (χ0) is 13.2. The minimum Gasteiger partial charge on any atom is -0.396 e. The Hall–Kier alpha value is -1.76. The Labute approximate surface area is 105 Å². The third-order valence-electron chi connectivity index (χ3n) is 2.29. The number of anilines is 2. The first-order valence-electron chi connectivity index (χ1n) is 5.04. The first kappa shape index (κ1) is 12.7. The normalized spacial score (nSPS) is 11.5. The molecule has 0 fully saturated rings. The van der Waals surface area contributed by atoms with Crippen molar-refractivity contribution in [3.05, 3.63) is 40.3 Å². The molecule has 0 atom stereocenters. The van der Waals surface area contributed by atoms with Gasteiger partial charge < -0.3 is 11.1 Å². The van der Waals surface area contributed by atoms with Gasteiger partial charge in [-0.2, -0.15) is 24.5 Å². The second-order valence-electron chi connectivity index (χ2n) is 3.64. The number of nitrogens with zero attached hydrogens (tertiary/aromatic N) is 1.